The van der Waals surface area contributed by atoms with Crippen molar-refractivity contribution in [3.8, 4) is 0 Å². The van der Waals surface area contributed by atoms with Gasteiger partial charge in [-0.3, -0.25) is 4.79 Å². The number of hydrogen-bond donors (Lipinski definition) is 3. The fraction of sp³-hybridized carbons (Fsp3) is 0.357. The molecule has 2 atom stereocenters. The SMILES string of the molecule is O=C(O)CC(O)C[C@@H](O)C/C=C/c1ccccc1. The van der Waals surface area contributed by atoms with Gasteiger partial charge in [-0.25, -0.2) is 0 Å². The van der Waals surface area contributed by atoms with Crippen molar-refractivity contribution in [1.82, 2.24) is 0 Å². The van der Waals surface area contributed by atoms with Gasteiger partial charge in [0.1, 0.15) is 0 Å². The minimum atomic E-state index is -1.06. The van der Waals surface area contributed by atoms with Crippen LogP contribution in [0.25, 0.3) is 6.08 Å². The molecule has 0 heterocycles. The Morgan fingerprint density at radius 1 is 1.17 bits per heavy atom. The smallest absolute Gasteiger partial charge is 0.305 e. The maximum atomic E-state index is 10.3. The predicted octanol–water partition coefficient (Wildman–Crippen LogP) is 1.68. The van der Waals surface area contributed by atoms with Gasteiger partial charge in [-0.05, 0) is 12.0 Å². The molecule has 4 heteroatoms. The van der Waals surface area contributed by atoms with Crippen molar-refractivity contribution in [2.75, 3.05) is 0 Å². The molecule has 1 aromatic rings. The lowest BCUT2D eigenvalue weighted by Crippen LogP contribution is -2.20. The van der Waals surface area contributed by atoms with Crippen molar-refractivity contribution >= 4 is 12.0 Å². The van der Waals surface area contributed by atoms with Gasteiger partial charge >= 0.3 is 5.97 Å². The highest BCUT2D eigenvalue weighted by Gasteiger charge is 2.13. The molecule has 0 saturated carbocycles. The maximum Gasteiger partial charge on any atom is 0.305 e. The van der Waals surface area contributed by atoms with Gasteiger partial charge in [0.2, 0.25) is 0 Å². The van der Waals surface area contributed by atoms with E-state index in [4.69, 9.17) is 5.11 Å². The lowest BCUT2D eigenvalue weighted by atomic mass is 10.1. The molecule has 0 bridgehead atoms. The van der Waals surface area contributed by atoms with E-state index in [1.807, 2.05) is 42.5 Å². The second-order valence-electron chi connectivity index (χ2n) is 4.19. The molecule has 1 aromatic carbocycles. The second kappa shape index (κ2) is 7.63. The summed E-state index contributed by atoms with van der Waals surface area (Å²) in [4.78, 5) is 10.3. The molecule has 98 valence electrons. The van der Waals surface area contributed by atoms with E-state index >= 15 is 0 Å². The van der Waals surface area contributed by atoms with Crippen LogP contribution in [0.3, 0.4) is 0 Å². The van der Waals surface area contributed by atoms with Crippen LogP contribution in [-0.4, -0.2) is 33.5 Å². The Bertz CT molecular complexity index is 386. The average Bonchev–Trinajstić information content (AvgIpc) is 2.29. The van der Waals surface area contributed by atoms with Gasteiger partial charge in [0.05, 0.1) is 18.6 Å². The number of rotatable bonds is 7. The Kier molecular flexibility index (Phi) is 6.11. The van der Waals surface area contributed by atoms with E-state index in [-0.39, 0.29) is 12.8 Å². The zero-order valence-corrected chi connectivity index (χ0v) is 10.1. The molecule has 1 unspecified atom stereocenters. The predicted molar refractivity (Wildman–Crippen MR) is 69.0 cm³/mol. The van der Waals surface area contributed by atoms with Crippen LogP contribution in [0.2, 0.25) is 0 Å². The van der Waals surface area contributed by atoms with E-state index in [1.54, 1.807) is 0 Å². The number of benzene rings is 1. The monoisotopic (exact) mass is 250 g/mol. The maximum absolute atomic E-state index is 10.3. The van der Waals surface area contributed by atoms with Gasteiger partial charge in [0.15, 0.2) is 0 Å². The topological polar surface area (TPSA) is 77.8 Å². The third-order valence-corrected chi connectivity index (χ3v) is 2.47. The third kappa shape index (κ3) is 6.18. The molecule has 0 fully saturated rings. The van der Waals surface area contributed by atoms with Gasteiger partial charge in [0, 0.05) is 6.42 Å². The van der Waals surface area contributed by atoms with Crippen LogP contribution in [0.1, 0.15) is 24.8 Å². The first-order valence-corrected chi connectivity index (χ1v) is 5.87. The molecule has 0 aromatic heterocycles. The normalized spacial score (nSPS) is 14.6. The Morgan fingerprint density at radius 2 is 1.83 bits per heavy atom. The first-order valence-electron chi connectivity index (χ1n) is 5.87. The van der Waals surface area contributed by atoms with E-state index in [1.165, 1.54) is 0 Å². The highest BCUT2D eigenvalue weighted by Crippen LogP contribution is 2.08. The number of carbonyl (C=O) groups is 1. The van der Waals surface area contributed by atoms with Crippen molar-refractivity contribution in [1.29, 1.82) is 0 Å². The van der Waals surface area contributed by atoms with Gasteiger partial charge in [-0.1, -0.05) is 42.5 Å². The van der Waals surface area contributed by atoms with E-state index in [0.717, 1.165) is 5.56 Å². The zero-order chi connectivity index (χ0) is 13.4. The molecule has 1 rings (SSSR count). The Hall–Kier alpha value is -1.65. The van der Waals surface area contributed by atoms with Crippen LogP contribution >= 0.6 is 0 Å². The van der Waals surface area contributed by atoms with Gasteiger partial charge in [-0.2, -0.15) is 0 Å². The number of aliphatic carboxylic acids is 1. The lowest BCUT2D eigenvalue weighted by molar-refractivity contribution is -0.139. The number of carboxylic acid groups (broad SMARTS) is 1. The van der Waals surface area contributed by atoms with Crippen LogP contribution < -0.4 is 0 Å². The van der Waals surface area contributed by atoms with E-state index in [0.29, 0.717) is 6.42 Å². The fourth-order valence-corrected chi connectivity index (χ4v) is 1.62. The van der Waals surface area contributed by atoms with Crippen molar-refractivity contribution in [2.45, 2.75) is 31.5 Å². The number of hydrogen-bond acceptors (Lipinski definition) is 3. The first-order chi connectivity index (χ1) is 8.58. The molecule has 0 aliphatic heterocycles. The van der Waals surface area contributed by atoms with Crippen LogP contribution in [0.15, 0.2) is 36.4 Å². The summed E-state index contributed by atoms with van der Waals surface area (Å²) in [5.74, 6) is -1.06. The standard InChI is InChI=1S/C14H18O4/c15-12(9-13(16)10-14(17)18)8-4-7-11-5-2-1-3-6-11/h1-7,12-13,15-16H,8-10H2,(H,17,18)/b7-4+/t12-,13?/m0/s1. The van der Waals surface area contributed by atoms with Gasteiger partial charge in [-0.15, -0.1) is 0 Å². The van der Waals surface area contributed by atoms with E-state index in [9.17, 15) is 15.0 Å². The summed E-state index contributed by atoms with van der Waals surface area (Å²) >= 11 is 0. The second-order valence-corrected chi connectivity index (χ2v) is 4.19. The summed E-state index contributed by atoms with van der Waals surface area (Å²) in [5.41, 5.74) is 1.04. The van der Waals surface area contributed by atoms with Crippen LogP contribution in [0.4, 0.5) is 0 Å². The molecule has 0 spiro atoms. The van der Waals surface area contributed by atoms with Crippen LogP contribution in [-0.2, 0) is 4.79 Å². The molecule has 0 radical (unpaired) electrons. The molecule has 18 heavy (non-hydrogen) atoms. The molecule has 3 N–H and O–H groups in total. The number of aliphatic hydroxyl groups excluding tert-OH is 2. The molecule has 0 aliphatic rings. The Labute approximate surface area is 106 Å². The third-order valence-electron chi connectivity index (χ3n) is 2.47. The largest absolute Gasteiger partial charge is 0.481 e. The van der Waals surface area contributed by atoms with Crippen LogP contribution in [0.5, 0.6) is 0 Å². The summed E-state index contributed by atoms with van der Waals surface area (Å²) in [6, 6.07) is 9.66. The van der Waals surface area contributed by atoms with Crippen molar-refractivity contribution in [3.05, 3.63) is 42.0 Å². The summed E-state index contributed by atoms with van der Waals surface area (Å²) < 4.78 is 0. The minimum absolute atomic E-state index is 0.0748. The molecule has 0 aliphatic carbocycles. The quantitative estimate of drug-likeness (QED) is 0.688. The molecular formula is C14H18O4. The highest BCUT2D eigenvalue weighted by molar-refractivity contribution is 5.67. The van der Waals surface area contributed by atoms with Crippen molar-refractivity contribution < 1.29 is 20.1 Å². The first kappa shape index (κ1) is 14.4. The van der Waals surface area contributed by atoms with E-state index in [2.05, 4.69) is 0 Å². The summed E-state index contributed by atoms with van der Waals surface area (Å²) in [7, 11) is 0. The zero-order valence-electron chi connectivity index (χ0n) is 10.1. The fourth-order valence-electron chi connectivity index (χ4n) is 1.62. The Morgan fingerprint density at radius 3 is 2.44 bits per heavy atom. The molecular weight excluding hydrogens is 232 g/mol. The minimum Gasteiger partial charge on any atom is -0.481 e. The van der Waals surface area contributed by atoms with E-state index < -0.39 is 18.2 Å². The molecule has 0 saturated heterocycles. The summed E-state index contributed by atoms with van der Waals surface area (Å²) in [5, 5.41) is 27.4. The highest BCUT2D eigenvalue weighted by atomic mass is 16.4. The average molecular weight is 250 g/mol. The van der Waals surface area contributed by atoms with Gasteiger partial charge < -0.3 is 15.3 Å². The number of aliphatic hydroxyl groups is 2. The Balaban J connectivity index is 2.30. The summed E-state index contributed by atoms with van der Waals surface area (Å²) in [6.45, 7) is 0. The van der Waals surface area contributed by atoms with Crippen molar-refractivity contribution in [2.24, 2.45) is 0 Å². The molecule has 0 amide bonds. The van der Waals surface area contributed by atoms with Crippen molar-refractivity contribution in [3.63, 3.8) is 0 Å². The number of carboxylic acids is 1. The van der Waals surface area contributed by atoms with Crippen LogP contribution in [0, 0.1) is 0 Å². The van der Waals surface area contributed by atoms with Gasteiger partial charge in [0.25, 0.3) is 0 Å². The summed E-state index contributed by atoms with van der Waals surface area (Å²) in [6.07, 6.45) is 2.11. The molecule has 4 nitrogen and oxygen atoms in total. The lowest BCUT2D eigenvalue weighted by Gasteiger charge is -2.12.